The van der Waals surface area contributed by atoms with Crippen LogP contribution in [0.25, 0.3) is 0 Å². The van der Waals surface area contributed by atoms with Gasteiger partial charge in [0.15, 0.2) is 0 Å². The summed E-state index contributed by atoms with van der Waals surface area (Å²) >= 11 is 5.96. The van der Waals surface area contributed by atoms with Crippen LogP contribution < -0.4 is 11.5 Å². The molecule has 1 heterocycles. The van der Waals surface area contributed by atoms with Crippen LogP contribution in [0.15, 0.2) is 52.8 Å². The molecule has 2 rings (SSSR count). The number of hydrogen-bond donors (Lipinski definition) is 2. The molecule has 0 saturated carbocycles. The van der Waals surface area contributed by atoms with E-state index in [0.29, 0.717) is 6.54 Å². The van der Waals surface area contributed by atoms with Crippen molar-refractivity contribution >= 4 is 23.8 Å². The number of benzene rings is 1. The zero-order chi connectivity index (χ0) is 13.7. The molecule has 0 amide bonds. The average molecular weight is 276 g/mol. The summed E-state index contributed by atoms with van der Waals surface area (Å²) in [4.78, 5) is 0. The Labute approximate surface area is 116 Å². The number of guanidine groups is 1. The van der Waals surface area contributed by atoms with Gasteiger partial charge in [-0.2, -0.15) is 5.10 Å². The average Bonchev–Trinajstić information content (AvgIpc) is 2.76. The second-order valence-corrected chi connectivity index (χ2v) is 4.40. The molecule has 1 aromatic heterocycles. The lowest BCUT2D eigenvalue weighted by Gasteiger charge is -2.06. The lowest BCUT2D eigenvalue weighted by Crippen LogP contribution is -2.21. The third kappa shape index (κ3) is 3.86. The Bertz CT molecular complexity index is 611. The Kier molecular flexibility index (Phi) is 4.20. The minimum Gasteiger partial charge on any atom is -0.369 e. The summed E-state index contributed by atoms with van der Waals surface area (Å²) in [5.74, 6) is -0.0656. The lowest BCUT2D eigenvalue weighted by molar-refractivity contribution is 0.800. The SMILES string of the molecule is NC(N)=NN=Cc1cccn1Cc1cccc(Cl)c1. The Morgan fingerprint density at radius 3 is 2.84 bits per heavy atom. The number of aromatic nitrogens is 1. The van der Waals surface area contributed by atoms with E-state index in [0.717, 1.165) is 16.3 Å². The molecule has 2 aromatic rings. The van der Waals surface area contributed by atoms with Crippen LogP contribution in [-0.2, 0) is 6.54 Å². The molecule has 0 unspecified atom stereocenters. The van der Waals surface area contributed by atoms with Crippen molar-refractivity contribution in [2.45, 2.75) is 6.54 Å². The first-order chi connectivity index (χ1) is 9.15. The summed E-state index contributed by atoms with van der Waals surface area (Å²) < 4.78 is 2.03. The topological polar surface area (TPSA) is 81.7 Å². The largest absolute Gasteiger partial charge is 0.369 e. The highest BCUT2D eigenvalue weighted by Crippen LogP contribution is 2.13. The van der Waals surface area contributed by atoms with Crippen molar-refractivity contribution in [3.8, 4) is 0 Å². The minimum atomic E-state index is -0.0656. The van der Waals surface area contributed by atoms with Gasteiger partial charge in [0.25, 0.3) is 0 Å². The molecule has 0 aliphatic heterocycles. The molecular formula is C13H14ClN5. The van der Waals surface area contributed by atoms with Crippen molar-refractivity contribution in [2.24, 2.45) is 21.7 Å². The lowest BCUT2D eigenvalue weighted by atomic mass is 10.2. The highest BCUT2D eigenvalue weighted by atomic mass is 35.5. The fourth-order valence-corrected chi connectivity index (χ4v) is 1.89. The van der Waals surface area contributed by atoms with E-state index in [1.807, 2.05) is 47.2 Å². The third-order valence-electron chi connectivity index (χ3n) is 2.47. The quantitative estimate of drug-likeness (QED) is 0.507. The van der Waals surface area contributed by atoms with Gasteiger partial charge in [0, 0.05) is 17.8 Å². The van der Waals surface area contributed by atoms with E-state index < -0.39 is 0 Å². The fraction of sp³-hybridized carbons (Fsp3) is 0.0769. The summed E-state index contributed by atoms with van der Waals surface area (Å²) in [6, 6.07) is 11.6. The van der Waals surface area contributed by atoms with E-state index >= 15 is 0 Å². The zero-order valence-corrected chi connectivity index (χ0v) is 11.0. The third-order valence-corrected chi connectivity index (χ3v) is 2.70. The van der Waals surface area contributed by atoms with Crippen molar-refractivity contribution in [1.29, 1.82) is 0 Å². The van der Waals surface area contributed by atoms with Gasteiger partial charge in [-0.1, -0.05) is 23.7 Å². The summed E-state index contributed by atoms with van der Waals surface area (Å²) in [7, 11) is 0. The maximum Gasteiger partial charge on any atom is 0.211 e. The molecule has 0 bridgehead atoms. The number of rotatable bonds is 4. The molecule has 0 radical (unpaired) electrons. The molecule has 1 aromatic carbocycles. The maximum absolute atomic E-state index is 5.96. The van der Waals surface area contributed by atoms with Gasteiger partial charge < -0.3 is 16.0 Å². The molecule has 19 heavy (non-hydrogen) atoms. The molecule has 0 aliphatic rings. The first-order valence-corrected chi connectivity index (χ1v) is 6.04. The Morgan fingerprint density at radius 1 is 1.26 bits per heavy atom. The normalized spacial score (nSPS) is 10.8. The van der Waals surface area contributed by atoms with Gasteiger partial charge in [0.2, 0.25) is 5.96 Å². The molecule has 0 atom stereocenters. The monoisotopic (exact) mass is 275 g/mol. The predicted octanol–water partition coefficient (Wildman–Crippen LogP) is 1.80. The van der Waals surface area contributed by atoms with E-state index in [-0.39, 0.29) is 5.96 Å². The number of hydrogen-bond acceptors (Lipinski definition) is 2. The molecular weight excluding hydrogens is 262 g/mol. The second kappa shape index (κ2) is 6.06. The van der Waals surface area contributed by atoms with Gasteiger partial charge in [0.05, 0.1) is 11.9 Å². The van der Waals surface area contributed by atoms with Crippen molar-refractivity contribution in [3.63, 3.8) is 0 Å². The summed E-state index contributed by atoms with van der Waals surface area (Å²) in [6.07, 6.45) is 3.56. The van der Waals surface area contributed by atoms with Gasteiger partial charge in [-0.3, -0.25) is 0 Å². The van der Waals surface area contributed by atoms with E-state index in [9.17, 15) is 0 Å². The summed E-state index contributed by atoms with van der Waals surface area (Å²) in [6.45, 7) is 0.705. The van der Waals surface area contributed by atoms with Crippen molar-refractivity contribution in [1.82, 2.24) is 4.57 Å². The van der Waals surface area contributed by atoms with Crippen LogP contribution in [0.2, 0.25) is 5.02 Å². The van der Waals surface area contributed by atoms with Crippen LogP contribution in [0.4, 0.5) is 0 Å². The van der Waals surface area contributed by atoms with Crippen LogP contribution >= 0.6 is 11.6 Å². The van der Waals surface area contributed by atoms with Crippen LogP contribution in [0, 0.1) is 0 Å². The number of halogens is 1. The first kappa shape index (κ1) is 13.2. The number of nitrogens with zero attached hydrogens (tertiary/aromatic N) is 3. The smallest absolute Gasteiger partial charge is 0.211 e. The second-order valence-electron chi connectivity index (χ2n) is 3.96. The van der Waals surface area contributed by atoms with Gasteiger partial charge in [-0.05, 0) is 29.8 Å². The summed E-state index contributed by atoms with van der Waals surface area (Å²) in [5, 5.41) is 8.09. The molecule has 6 heteroatoms. The highest BCUT2D eigenvalue weighted by Gasteiger charge is 2.00. The van der Waals surface area contributed by atoms with E-state index in [2.05, 4.69) is 10.2 Å². The van der Waals surface area contributed by atoms with Gasteiger partial charge in [-0.15, -0.1) is 5.10 Å². The molecule has 0 saturated heterocycles. The molecule has 0 fully saturated rings. The van der Waals surface area contributed by atoms with Gasteiger partial charge >= 0.3 is 0 Å². The van der Waals surface area contributed by atoms with Gasteiger partial charge in [0.1, 0.15) is 0 Å². The van der Waals surface area contributed by atoms with Crippen molar-refractivity contribution < 1.29 is 0 Å². The Morgan fingerprint density at radius 2 is 2.11 bits per heavy atom. The molecule has 98 valence electrons. The van der Waals surface area contributed by atoms with E-state index in [1.165, 1.54) is 0 Å². The summed E-state index contributed by atoms with van der Waals surface area (Å²) in [5.41, 5.74) is 12.4. The zero-order valence-electron chi connectivity index (χ0n) is 10.2. The van der Waals surface area contributed by atoms with Crippen LogP contribution in [0.3, 0.4) is 0 Å². The minimum absolute atomic E-state index is 0.0656. The fourth-order valence-electron chi connectivity index (χ4n) is 1.68. The van der Waals surface area contributed by atoms with Crippen LogP contribution in [0.5, 0.6) is 0 Å². The molecule has 4 N–H and O–H groups in total. The number of nitrogens with two attached hydrogens (primary N) is 2. The Hall–Kier alpha value is -2.27. The standard InChI is InChI=1S/C13H14ClN5/c14-11-4-1-3-10(7-11)9-19-6-2-5-12(19)8-17-18-13(15)16/h1-8H,9H2,(H4,15,16,18). The maximum atomic E-state index is 5.96. The van der Waals surface area contributed by atoms with Crippen molar-refractivity contribution in [2.75, 3.05) is 0 Å². The first-order valence-electron chi connectivity index (χ1n) is 5.67. The molecule has 0 aliphatic carbocycles. The predicted molar refractivity (Wildman–Crippen MR) is 78.4 cm³/mol. The highest BCUT2D eigenvalue weighted by molar-refractivity contribution is 6.30. The van der Waals surface area contributed by atoms with Gasteiger partial charge in [-0.25, -0.2) is 0 Å². The van der Waals surface area contributed by atoms with Crippen molar-refractivity contribution in [3.05, 3.63) is 58.9 Å². The van der Waals surface area contributed by atoms with Crippen LogP contribution in [0.1, 0.15) is 11.3 Å². The Balaban J connectivity index is 2.16. The van der Waals surface area contributed by atoms with Crippen LogP contribution in [-0.4, -0.2) is 16.7 Å². The van der Waals surface area contributed by atoms with E-state index in [1.54, 1.807) is 6.21 Å². The van der Waals surface area contributed by atoms with E-state index in [4.69, 9.17) is 23.1 Å². The molecule has 5 nitrogen and oxygen atoms in total. The molecule has 0 spiro atoms.